The van der Waals surface area contributed by atoms with E-state index in [-0.39, 0.29) is 58.0 Å². The Kier molecular flexibility index (Phi) is 16.2. The zero-order chi connectivity index (χ0) is 47.5. The summed E-state index contributed by atoms with van der Waals surface area (Å²) in [4.78, 5) is 59.7. The highest BCUT2D eigenvalue weighted by Gasteiger charge is 2.32. The van der Waals surface area contributed by atoms with E-state index in [1.54, 1.807) is 29.3 Å². The van der Waals surface area contributed by atoms with E-state index in [0.717, 1.165) is 49.7 Å². The molecule has 0 spiro atoms. The summed E-state index contributed by atoms with van der Waals surface area (Å²) in [6, 6.07) is 12.1. The lowest BCUT2D eigenvalue weighted by Crippen LogP contribution is -2.39. The number of nitrogens with zero attached hydrogens (tertiary/aromatic N) is 5. The molecule has 2 aliphatic heterocycles. The van der Waals surface area contributed by atoms with Gasteiger partial charge in [-0.15, -0.1) is 0 Å². The molecule has 6 heterocycles. The van der Waals surface area contributed by atoms with Crippen LogP contribution in [0.5, 0.6) is 0 Å². The smallest absolute Gasteiger partial charge is 0.337 e. The summed E-state index contributed by atoms with van der Waals surface area (Å²) in [6.07, 6.45) is 7.95. The highest BCUT2D eigenvalue weighted by Crippen LogP contribution is 2.34. The third-order valence-electron chi connectivity index (χ3n) is 11.0. The lowest BCUT2D eigenvalue weighted by atomic mass is 9.98. The number of halogens is 2. The van der Waals surface area contributed by atoms with Crippen LogP contribution in [0.3, 0.4) is 0 Å². The Hall–Kier alpha value is -5.74. The molecule has 4 aromatic heterocycles. The van der Waals surface area contributed by atoms with E-state index < -0.39 is 26.0 Å². The Morgan fingerprint density at radius 3 is 1.70 bits per heavy atom. The van der Waals surface area contributed by atoms with Crippen molar-refractivity contribution in [2.45, 2.75) is 85.7 Å². The van der Waals surface area contributed by atoms with Gasteiger partial charge in [-0.2, -0.15) is 0 Å². The van der Waals surface area contributed by atoms with Crippen molar-refractivity contribution in [2.75, 3.05) is 35.0 Å². The second-order valence-electron chi connectivity index (χ2n) is 16.0. The Morgan fingerprint density at radius 1 is 0.712 bits per heavy atom. The molecule has 6 N–H and O–H groups in total. The molecule has 1 amide bonds. The Balaban J connectivity index is 0.000000203. The molecular weight excluding hydrogens is 936 g/mol. The number of carbonyl (C=O) groups excluding carboxylic acids is 1. The highest BCUT2D eigenvalue weighted by atomic mass is 35.5. The monoisotopic (exact) mass is 988 g/mol. The first-order valence-electron chi connectivity index (χ1n) is 20.5. The third kappa shape index (κ3) is 12.2. The number of H-pyrrole nitrogens is 2. The van der Waals surface area contributed by atoms with Crippen molar-refractivity contribution in [3.8, 4) is 0 Å². The van der Waals surface area contributed by atoms with E-state index in [4.69, 9.17) is 28.3 Å². The fourth-order valence-corrected chi connectivity index (χ4v) is 9.06. The Labute approximate surface area is 392 Å². The standard InChI is InChI=1S/C21H24ClN5O4S.C13H18N4O.C8H8ClNO4S.CH4/c1-12-13(2)23-19-11-17(24-27(19)20(12)28)18-6-4-5-9-26(18)21(29)15-10-14(22)7-8-16(15)25-32(3,30)31;1-8-9(2)15-12-7-11(16-17(12)13(8)18)10-5-3-4-6-14-10;1-15(13,14)10-7-3-2-5(9)4-6(7)8(11)12;/h7-8,10-11,18,24-25H,4-6,9H2,1-3H3;7,10,14,16H,3-6H2,1-2H3;2-4,10H,1H3,(H,11,12);1H4/t18-;10-;;/m00../s1. The number of carboxylic acid groups (broad SMARTS) is 1. The van der Waals surface area contributed by atoms with Crippen molar-refractivity contribution in [3.63, 3.8) is 0 Å². The number of likely N-dealkylation sites (tertiary alicyclic amines) is 1. The number of piperidine rings is 2. The molecule has 0 aliphatic carbocycles. The number of benzene rings is 2. The molecule has 19 nitrogen and oxygen atoms in total. The van der Waals surface area contributed by atoms with Crippen LogP contribution in [0.4, 0.5) is 11.4 Å². The SMILES string of the molecule is C.CS(=O)(=O)Nc1ccc(Cl)cc1C(=O)O.Cc1nc2cc([C@@H]3CCCCN3)[nH]n2c(=O)c1C.Cc1nc2cc([C@@H]3CCCCN3C(=O)c3cc(Cl)ccc3NS(C)(=O)=O)[nH]n2c(=O)c1C. The van der Waals surface area contributed by atoms with Crippen molar-refractivity contribution in [1.82, 2.24) is 39.4 Å². The van der Waals surface area contributed by atoms with Gasteiger partial charge < -0.3 is 15.3 Å². The molecule has 2 fully saturated rings. The van der Waals surface area contributed by atoms with Crippen LogP contribution >= 0.6 is 23.2 Å². The second kappa shape index (κ2) is 20.8. The maximum Gasteiger partial charge on any atom is 0.337 e. The molecule has 2 atom stereocenters. The second-order valence-corrected chi connectivity index (χ2v) is 20.4. The number of rotatable bonds is 8. The van der Waals surface area contributed by atoms with Gasteiger partial charge in [0.05, 0.1) is 52.4 Å². The Morgan fingerprint density at radius 2 is 1.20 bits per heavy atom. The van der Waals surface area contributed by atoms with Crippen LogP contribution in [0, 0.1) is 27.7 Å². The van der Waals surface area contributed by atoms with Gasteiger partial charge in [0.2, 0.25) is 20.0 Å². The molecule has 0 unspecified atom stereocenters. The molecular formula is C43H54Cl2N10O9S2. The third-order valence-corrected chi connectivity index (χ3v) is 12.7. The van der Waals surface area contributed by atoms with E-state index >= 15 is 0 Å². The van der Waals surface area contributed by atoms with Gasteiger partial charge in [0.15, 0.2) is 11.3 Å². The molecule has 0 bridgehead atoms. The molecule has 2 aromatic carbocycles. The minimum Gasteiger partial charge on any atom is -0.478 e. The normalized spacial score (nSPS) is 16.3. The number of carbonyl (C=O) groups is 2. The van der Waals surface area contributed by atoms with Crippen LogP contribution in [0.15, 0.2) is 58.1 Å². The molecule has 2 saturated heterocycles. The first-order valence-corrected chi connectivity index (χ1v) is 25.0. The highest BCUT2D eigenvalue weighted by molar-refractivity contribution is 7.92. The molecule has 23 heteroatoms. The van der Waals surface area contributed by atoms with Crippen molar-refractivity contribution >= 4 is 77.8 Å². The van der Waals surface area contributed by atoms with Crippen LogP contribution < -0.4 is 25.9 Å². The zero-order valence-electron chi connectivity index (χ0n) is 36.5. The van der Waals surface area contributed by atoms with Gasteiger partial charge >= 0.3 is 5.97 Å². The summed E-state index contributed by atoms with van der Waals surface area (Å²) < 4.78 is 52.9. The quantitative estimate of drug-likeness (QED) is 0.0951. The van der Waals surface area contributed by atoms with Gasteiger partial charge in [0, 0.05) is 57.3 Å². The minimum absolute atomic E-state index is 0. The number of aromatic amines is 2. The molecule has 356 valence electrons. The van der Waals surface area contributed by atoms with E-state index in [2.05, 4.69) is 34.9 Å². The zero-order valence-corrected chi connectivity index (χ0v) is 39.6. The topological polar surface area (TPSA) is 262 Å². The van der Waals surface area contributed by atoms with Crippen LogP contribution in [0.25, 0.3) is 11.3 Å². The number of nitrogens with one attached hydrogen (secondary N) is 5. The van der Waals surface area contributed by atoms with Crippen molar-refractivity contribution < 1.29 is 31.5 Å². The predicted molar refractivity (Wildman–Crippen MR) is 256 cm³/mol. The molecule has 0 saturated carbocycles. The van der Waals surface area contributed by atoms with E-state index in [9.17, 15) is 36.0 Å². The van der Waals surface area contributed by atoms with Gasteiger partial charge in [-0.3, -0.25) is 34.0 Å². The van der Waals surface area contributed by atoms with Gasteiger partial charge in [-0.05, 0) is 103 Å². The fourth-order valence-electron chi connectivity index (χ4n) is 7.56. The number of aromatic nitrogens is 6. The predicted octanol–water partition coefficient (Wildman–Crippen LogP) is 6.53. The largest absolute Gasteiger partial charge is 0.478 e. The summed E-state index contributed by atoms with van der Waals surface area (Å²) in [5.41, 5.74) is 5.68. The maximum absolute atomic E-state index is 13.6. The molecule has 2 aliphatic rings. The number of amides is 1. The number of anilines is 2. The average molecular weight is 990 g/mol. The number of aromatic carboxylic acids is 1. The number of hydrogen-bond acceptors (Lipinski definition) is 11. The summed E-state index contributed by atoms with van der Waals surface area (Å²) in [6.45, 7) is 8.74. The maximum atomic E-state index is 13.6. The summed E-state index contributed by atoms with van der Waals surface area (Å²) in [7, 11) is -7.09. The number of sulfonamides is 2. The number of fused-ring (bicyclic) bond motifs is 2. The number of carboxylic acids is 1. The van der Waals surface area contributed by atoms with E-state index in [1.807, 2.05) is 19.9 Å². The molecule has 8 rings (SSSR count). The van der Waals surface area contributed by atoms with Crippen molar-refractivity contribution in [3.05, 3.63) is 124 Å². The molecule has 6 aromatic rings. The van der Waals surface area contributed by atoms with Gasteiger partial charge in [0.25, 0.3) is 17.0 Å². The fraction of sp³-hybridized carbons (Fsp3) is 0.395. The number of hydrogen-bond donors (Lipinski definition) is 6. The van der Waals surface area contributed by atoms with E-state index in [0.29, 0.717) is 57.8 Å². The Bertz CT molecular complexity index is 3140. The first kappa shape index (κ1) is 51.2. The van der Waals surface area contributed by atoms with Crippen LogP contribution in [-0.2, 0) is 20.0 Å². The van der Waals surface area contributed by atoms with Crippen molar-refractivity contribution in [1.29, 1.82) is 0 Å². The average Bonchev–Trinajstić information content (AvgIpc) is 3.88. The lowest BCUT2D eigenvalue weighted by Gasteiger charge is -2.35. The van der Waals surface area contributed by atoms with Crippen LogP contribution in [0.2, 0.25) is 10.0 Å². The van der Waals surface area contributed by atoms with Gasteiger partial charge in [-0.1, -0.05) is 37.0 Å². The van der Waals surface area contributed by atoms with Gasteiger partial charge in [-0.25, -0.2) is 40.6 Å². The molecule has 66 heavy (non-hydrogen) atoms. The van der Waals surface area contributed by atoms with E-state index in [1.165, 1.54) is 53.8 Å². The van der Waals surface area contributed by atoms with Crippen LogP contribution in [0.1, 0.15) is 113 Å². The molecule has 0 radical (unpaired) electrons. The number of aryl methyl sites for hydroxylation is 2. The lowest BCUT2D eigenvalue weighted by molar-refractivity contribution is 0.0606. The summed E-state index contributed by atoms with van der Waals surface area (Å²) in [5, 5.41) is 19.1. The first-order chi connectivity index (χ1) is 30.5. The van der Waals surface area contributed by atoms with Gasteiger partial charge in [0.1, 0.15) is 0 Å². The minimum atomic E-state index is -3.59. The van der Waals surface area contributed by atoms with Crippen molar-refractivity contribution in [2.24, 2.45) is 0 Å². The van der Waals surface area contributed by atoms with Crippen LogP contribution in [-0.4, -0.2) is 93.5 Å². The summed E-state index contributed by atoms with van der Waals surface area (Å²) >= 11 is 11.7. The summed E-state index contributed by atoms with van der Waals surface area (Å²) in [5.74, 6) is -1.58.